The van der Waals surface area contributed by atoms with Crippen molar-refractivity contribution in [1.82, 2.24) is 0 Å². The third-order valence-electron chi connectivity index (χ3n) is 4.16. The molecule has 0 radical (unpaired) electrons. The van der Waals surface area contributed by atoms with E-state index in [0.29, 0.717) is 5.69 Å². The van der Waals surface area contributed by atoms with Gasteiger partial charge < -0.3 is 5.32 Å². The molecule has 0 saturated heterocycles. The summed E-state index contributed by atoms with van der Waals surface area (Å²) in [6.45, 7) is 5.52. The molecule has 0 saturated carbocycles. The average molecular weight is 429 g/mol. The van der Waals surface area contributed by atoms with Crippen LogP contribution in [0.25, 0.3) is 0 Å². The highest BCUT2D eigenvalue weighted by Crippen LogP contribution is 2.30. The highest BCUT2D eigenvalue weighted by molar-refractivity contribution is 7.92. The van der Waals surface area contributed by atoms with Crippen molar-refractivity contribution in [1.29, 1.82) is 0 Å². The zero-order chi connectivity index (χ0) is 20.4. The van der Waals surface area contributed by atoms with E-state index in [-0.39, 0.29) is 22.2 Å². The standard InChI is InChI=1S/C19H22Cl2N2O3S/c1-5-17(19(24)22-18-12(2)7-6-8-13(18)3)23(27(4,25)26)16-10-14(20)9-15(21)11-16/h6-11,17H,5H2,1-4H3,(H,22,24). The van der Waals surface area contributed by atoms with Crippen molar-refractivity contribution in [3.63, 3.8) is 0 Å². The van der Waals surface area contributed by atoms with Crippen molar-refractivity contribution in [3.8, 4) is 0 Å². The lowest BCUT2D eigenvalue weighted by Crippen LogP contribution is -2.47. The van der Waals surface area contributed by atoms with Gasteiger partial charge in [0.1, 0.15) is 6.04 Å². The lowest BCUT2D eigenvalue weighted by atomic mass is 10.1. The van der Waals surface area contributed by atoms with Gasteiger partial charge in [-0.15, -0.1) is 0 Å². The number of sulfonamides is 1. The van der Waals surface area contributed by atoms with Crippen LogP contribution in [0.3, 0.4) is 0 Å². The van der Waals surface area contributed by atoms with Crippen molar-refractivity contribution in [2.45, 2.75) is 33.2 Å². The molecule has 0 heterocycles. The number of halogens is 2. The summed E-state index contributed by atoms with van der Waals surface area (Å²) in [6, 6.07) is 9.17. The molecule has 0 spiro atoms. The molecular weight excluding hydrogens is 407 g/mol. The van der Waals surface area contributed by atoms with Crippen molar-refractivity contribution in [2.24, 2.45) is 0 Å². The molecule has 0 aliphatic carbocycles. The van der Waals surface area contributed by atoms with Gasteiger partial charge in [0.2, 0.25) is 15.9 Å². The molecule has 1 N–H and O–H groups in total. The topological polar surface area (TPSA) is 66.5 Å². The van der Waals surface area contributed by atoms with E-state index >= 15 is 0 Å². The largest absolute Gasteiger partial charge is 0.324 e. The Bertz CT molecular complexity index is 921. The molecule has 2 aromatic rings. The van der Waals surface area contributed by atoms with Crippen molar-refractivity contribution in [2.75, 3.05) is 15.9 Å². The molecule has 0 aromatic heterocycles. The first-order valence-corrected chi connectivity index (χ1v) is 11.0. The quantitative estimate of drug-likeness (QED) is 0.718. The van der Waals surface area contributed by atoms with Crippen LogP contribution < -0.4 is 9.62 Å². The van der Waals surface area contributed by atoms with Gasteiger partial charge in [0, 0.05) is 15.7 Å². The van der Waals surface area contributed by atoms with Crippen LogP contribution in [0.4, 0.5) is 11.4 Å². The van der Waals surface area contributed by atoms with E-state index in [9.17, 15) is 13.2 Å². The summed E-state index contributed by atoms with van der Waals surface area (Å²) < 4.78 is 26.1. The second-order valence-electron chi connectivity index (χ2n) is 6.37. The number of carbonyl (C=O) groups is 1. The minimum atomic E-state index is -3.77. The van der Waals surface area contributed by atoms with Gasteiger partial charge in [-0.05, 0) is 49.6 Å². The fourth-order valence-electron chi connectivity index (χ4n) is 2.94. The first-order chi connectivity index (χ1) is 12.5. The number of benzene rings is 2. The normalized spacial score (nSPS) is 12.5. The zero-order valence-electron chi connectivity index (χ0n) is 15.6. The van der Waals surface area contributed by atoms with Crippen molar-refractivity contribution < 1.29 is 13.2 Å². The van der Waals surface area contributed by atoms with Gasteiger partial charge in [0.25, 0.3) is 0 Å². The van der Waals surface area contributed by atoms with Gasteiger partial charge in [-0.3, -0.25) is 9.10 Å². The van der Waals surface area contributed by atoms with Crippen LogP contribution in [0.2, 0.25) is 10.0 Å². The van der Waals surface area contributed by atoms with E-state index in [2.05, 4.69) is 5.32 Å². The van der Waals surface area contributed by atoms with Crippen LogP contribution in [-0.2, 0) is 14.8 Å². The summed E-state index contributed by atoms with van der Waals surface area (Å²) in [4.78, 5) is 13.0. The second kappa shape index (κ2) is 8.50. The zero-order valence-corrected chi connectivity index (χ0v) is 17.9. The van der Waals surface area contributed by atoms with Gasteiger partial charge in [0.15, 0.2) is 0 Å². The minimum absolute atomic E-state index is 0.249. The predicted octanol–water partition coefficient (Wildman–Crippen LogP) is 4.79. The molecule has 0 bridgehead atoms. The maximum atomic E-state index is 13.0. The maximum Gasteiger partial charge on any atom is 0.248 e. The molecule has 27 heavy (non-hydrogen) atoms. The number of amides is 1. The molecule has 8 heteroatoms. The number of anilines is 2. The molecule has 0 aliphatic heterocycles. The van der Waals surface area contributed by atoms with Gasteiger partial charge in [0.05, 0.1) is 11.9 Å². The highest BCUT2D eigenvalue weighted by Gasteiger charge is 2.32. The molecule has 1 unspecified atom stereocenters. The monoisotopic (exact) mass is 428 g/mol. The first kappa shape index (κ1) is 21.5. The van der Waals surface area contributed by atoms with Crippen LogP contribution in [0.5, 0.6) is 0 Å². The molecule has 1 amide bonds. The SMILES string of the molecule is CCC(C(=O)Nc1c(C)cccc1C)N(c1cc(Cl)cc(Cl)c1)S(C)(=O)=O. The third-order valence-corrected chi connectivity index (χ3v) is 5.78. The van der Waals surface area contributed by atoms with Gasteiger partial charge in [-0.2, -0.15) is 0 Å². The van der Waals surface area contributed by atoms with E-state index in [4.69, 9.17) is 23.2 Å². The Morgan fingerprint density at radius 1 is 1.11 bits per heavy atom. The van der Waals surface area contributed by atoms with E-state index < -0.39 is 22.0 Å². The van der Waals surface area contributed by atoms with Crippen LogP contribution in [0, 0.1) is 13.8 Å². The number of hydrogen-bond donors (Lipinski definition) is 1. The number of carbonyl (C=O) groups excluding carboxylic acids is 1. The Balaban J connectivity index is 2.48. The Morgan fingerprint density at radius 3 is 2.07 bits per heavy atom. The Morgan fingerprint density at radius 2 is 1.63 bits per heavy atom. The summed E-state index contributed by atoms with van der Waals surface area (Å²) in [6.07, 6.45) is 1.32. The Labute approximate surface area is 170 Å². The number of nitrogens with zero attached hydrogens (tertiary/aromatic N) is 1. The lowest BCUT2D eigenvalue weighted by Gasteiger charge is -2.30. The van der Waals surface area contributed by atoms with E-state index in [0.717, 1.165) is 21.7 Å². The molecule has 1 atom stereocenters. The summed E-state index contributed by atoms with van der Waals surface area (Å²) in [5, 5.41) is 3.45. The third kappa shape index (κ3) is 5.15. The van der Waals surface area contributed by atoms with Gasteiger partial charge in [-0.1, -0.05) is 48.3 Å². The molecule has 2 rings (SSSR count). The minimum Gasteiger partial charge on any atom is -0.324 e. The molecule has 2 aromatic carbocycles. The molecule has 146 valence electrons. The van der Waals surface area contributed by atoms with E-state index in [1.54, 1.807) is 6.92 Å². The molecule has 0 fully saturated rings. The van der Waals surface area contributed by atoms with Gasteiger partial charge >= 0.3 is 0 Å². The summed E-state index contributed by atoms with van der Waals surface area (Å²) in [5.74, 6) is -0.420. The Hall–Kier alpha value is -1.76. The maximum absolute atomic E-state index is 13.0. The fraction of sp³-hybridized carbons (Fsp3) is 0.316. The van der Waals surface area contributed by atoms with Gasteiger partial charge in [-0.25, -0.2) is 8.42 Å². The number of aryl methyl sites for hydroxylation is 2. The van der Waals surface area contributed by atoms with E-state index in [1.165, 1.54) is 18.2 Å². The number of para-hydroxylation sites is 1. The summed E-state index contributed by atoms with van der Waals surface area (Å²) in [7, 11) is -3.77. The van der Waals surface area contributed by atoms with E-state index in [1.807, 2.05) is 32.0 Å². The summed E-state index contributed by atoms with van der Waals surface area (Å²) in [5.41, 5.74) is 2.72. The van der Waals surface area contributed by atoms with Crippen LogP contribution >= 0.6 is 23.2 Å². The number of rotatable bonds is 6. The molecule has 0 aliphatic rings. The smallest absolute Gasteiger partial charge is 0.248 e. The predicted molar refractivity (Wildman–Crippen MR) is 112 cm³/mol. The second-order valence-corrected chi connectivity index (χ2v) is 9.10. The molecular formula is C19H22Cl2N2O3S. The van der Waals surface area contributed by atoms with Crippen molar-refractivity contribution in [3.05, 3.63) is 57.6 Å². The number of hydrogen-bond acceptors (Lipinski definition) is 3. The summed E-state index contributed by atoms with van der Waals surface area (Å²) >= 11 is 12.1. The van der Waals surface area contributed by atoms with Crippen LogP contribution in [-0.4, -0.2) is 26.6 Å². The fourth-order valence-corrected chi connectivity index (χ4v) is 4.65. The lowest BCUT2D eigenvalue weighted by molar-refractivity contribution is -0.117. The first-order valence-electron chi connectivity index (χ1n) is 8.37. The van der Waals surface area contributed by atoms with Crippen LogP contribution in [0.15, 0.2) is 36.4 Å². The Kier molecular flexibility index (Phi) is 6.78. The van der Waals surface area contributed by atoms with Crippen molar-refractivity contribution >= 4 is 50.5 Å². The number of nitrogens with one attached hydrogen (secondary N) is 1. The average Bonchev–Trinajstić information content (AvgIpc) is 2.53. The highest BCUT2D eigenvalue weighted by atomic mass is 35.5. The van der Waals surface area contributed by atoms with Crippen LogP contribution in [0.1, 0.15) is 24.5 Å². The molecule has 5 nitrogen and oxygen atoms in total.